The smallest absolute Gasteiger partial charge is 0.333 e. The van der Waals surface area contributed by atoms with Crippen LogP contribution in [0.2, 0.25) is 0 Å². The van der Waals surface area contributed by atoms with Crippen LogP contribution < -0.4 is 0 Å². The third-order valence-corrected chi connectivity index (χ3v) is 4.62. The van der Waals surface area contributed by atoms with Gasteiger partial charge < -0.3 is 9.47 Å². The number of ether oxygens (including phenoxy) is 2. The van der Waals surface area contributed by atoms with Gasteiger partial charge in [-0.2, -0.15) is 0 Å². The van der Waals surface area contributed by atoms with Crippen molar-refractivity contribution in [2.24, 2.45) is 4.99 Å². The Balaban J connectivity index is 1.89. The number of fused-ring (bicyclic) bond motifs is 1. The van der Waals surface area contributed by atoms with Crippen LogP contribution in [-0.4, -0.2) is 116 Å². The van der Waals surface area contributed by atoms with Gasteiger partial charge in [-0.05, 0) is 4.99 Å². The second-order valence-corrected chi connectivity index (χ2v) is 6.10. The molecule has 3 aliphatic heterocycles. The highest BCUT2D eigenvalue weighted by Gasteiger charge is 2.52. The molecule has 0 bridgehead atoms. The minimum absolute atomic E-state index is 0.245. The molecule has 3 aliphatic rings. The number of urea groups is 1. The van der Waals surface area contributed by atoms with E-state index in [-0.39, 0.29) is 11.9 Å². The fourth-order valence-electron chi connectivity index (χ4n) is 3.18. The van der Waals surface area contributed by atoms with Crippen molar-refractivity contribution >= 4 is 23.6 Å². The summed E-state index contributed by atoms with van der Waals surface area (Å²) < 4.78 is 12.5. The minimum atomic E-state index is -0.552. The molecule has 3 rings (SSSR count). The van der Waals surface area contributed by atoms with Gasteiger partial charge in [-0.1, -0.05) is 0 Å². The van der Waals surface area contributed by atoms with Gasteiger partial charge in [0.1, 0.15) is 13.1 Å². The third-order valence-electron chi connectivity index (χ3n) is 4.62. The molecule has 0 aromatic rings. The largest absolute Gasteiger partial charge is 0.381 e. The van der Waals surface area contributed by atoms with Crippen LogP contribution in [0.4, 0.5) is 4.79 Å². The standard InChI is InChI=1S/C15H24N5O4/c1-17-13-12(14(21)18(2)15(17)22)20(6-7-23-3)11(16-13)10-19-4-8-24-9-5-19/h12H,4-10H2,1-3H3/q+1. The van der Waals surface area contributed by atoms with Crippen molar-refractivity contribution in [3.8, 4) is 0 Å². The van der Waals surface area contributed by atoms with Crippen LogP contribution in [0.5, 0.6) is 0 Å². The number of amidine groups is 2. The molecule has 0 aromatic carbocycles. The Kier molecular flexibility index (Phi) is 4.93. The van der Waals surface area contributed by atoms with Crippen molar-refractivity contribution in [2.75, 3.05) is 67.2 Å². The molecule has 132 valence electrons. The molecule has 1 atom stereocenters. The molecular formula is C15H24N5O4+. The predicted molar refractivity (Wildman–Crippen MR) is 86.4 cm³/mol. The number of imide groups is 1. The Labute approximate surface area is 141 Å². The van der Waals surface area contributed by atoms with Crippen molar-refractivity contribution in [2.45, 2.75) is 6.04 Å². The summed E-state index contributed by atoms with van der Waals surface area (Å²) in [4.78, 5) is 34.3. The molecule has 2 fully saturated rings. The van der Waals surface area contributed by atoms with Gasteiger partial charge in [0.15, 0.2) is 0 Å². The number of carbonyl (C=O) groups excluding carboxylic acids is 2. The van der Waals surface area contributed by atoms with E-state index in [1.807, 2.05) is 4.58 Å². The zero-order chi connectivity index (χ0) is 17.3. The predicted octanol–water partition coefficient (Wildman–Crippen LogP) is -1.32. The van der Waals surface area contributed by atoms with Crippen LogP contribution in [0.1, 0.15) is 0 Å². The van der Waals surface area contributed by atoms with E-state index in [9.17, 15) is 9.59 Å². The summed E-state index contributed by atoms with van der Waals surface area (Å²) in [5.74, 6) is 1.06. The highest BCUT2D eigenvalue weighted by Crippen LogP contribution is 2.19. The SMILES string of the molecule is COCC[N+]1=C(CN2CCOCC2)N=C2C1C(=O)N(C)C(=O)N2C. The van der Waals surface area contributed by atoms with E-state index in [4.69, 9.17) is 9.47 Å². The lowest BCUT2D eigenvalue weighted by Gasteiger charge is -2.30. The van der Waals surface area contributed by atoms with Crippen molar-refractivity contribution in [1.29, 1.82) is 0 Å². The summed E-state index contributed by atoms with van der Waals surface area (Å²) in [6.45, 7) is 4.73. The van der Waals surface area contributed by atoms with Crippen molar-refractivity contribution < 1.29 is 23.6 Å². The molecule has 9 heteroatoms. The number of amides is 3. The number of hydrogen-bond acceptors (Lipinski definition) is 6. The maximum Gasteiger partial charge on any atom is 0.333 e. The first kappa shape index (κ1) is 17.0. The Morgan fingerprint density at radius 1 is 1.25 bits per heavy atom. The van der Waals surface area contributed by atoms with E-state index in [2.05, 4.69) is 9.89 Å². The summed E-state index contributed by atoms with van der Waals surface area (Å²) in [6.07, 6.45) is 0. The van der Waals surface area contributed by atoms with Gasteiger partial charge in [0.25, 0.3) is 17.8 Å². The van der Waals surface area contributed by atoms with Crippen LogP contribution >= 0.6 is 0 Å². The topological polar surface area (TPSA) is 77.7 Å². The van der Waals surface area contributed by atoms with E-state index >= 15 is 0 Å². The van der Waals surface area contributed by atoms with E-state index in [0.717, 1.165) is 23.8 Å². The van der Waals surface area contributed by atoms with Gasteiger partial charge in [0.2, 0.25) is 0 Å². The fourth-order valence-corrected chi connectivity index (χ4v) is 3.18. The first-order valence-electron chi connectivity index (χ1n) is 8.10. The van der Waals surface area contributed by atoms with E-state index < -0.39 is 6.04 Å². The van der Waals surface area contributed by atoms with Crippen molar-refractivity contribution in [1.82, 2.24) is 14.7 Å². The first-order valence-corrected chi connectivity index (χ1v) is 8.10. The molecule has 0 N–H and O–H groups in total. The normalized spacial score (nSPS) is 25.5. The van der Waals surface area contributed by atoms with Gasteiger partial charge in [0.05, 0.1) is 19.8 Å². The lowest BCUT2D eigenvalue weighted by atomic mass is 10.1. The molecule has 2 saturated heterocycles. The number of hydrogen-bond donors (Lipinski definition) is 0. The molecular weight excluding hydrogens is 314 g/mol. The Morgan fingerprint density at radius 3 is 2.62 bits per heavy atom. The van der Waals surface area contributed by atoms with Gasteiger partial charge >= 0.3 is 11.9 Å². The summed E-state index contributed by atoms with van der Waals surface area (Å²) in [7, 11) is 4.79. The highest BCUT2D eigenvalue weighted by atomic mass is 16.5. The average molecular weight is 338 g/mol. The minimum Gasteiger partial charge on any atom is -0.381 e. The zero-order valence-corrected chi connectivity index (χ0v) is 14.4. The zero-order valence-electron chi connectivity index (χ0n) is 14.4. The molecule has 0 aliphatic carbocycles. The Hall–Kier alpha value is -1.84. The first-order chi connectivity index (χ1) is 11.5. The lowest BCUT2D eigenvalue weighted by molar-refractivity contribution is -0.538. The van der Waals surface area contributed by atoms with Crippen molar-refractivity contribution in [3.05, 3.63) is 0 Å². The Morgan fingerprint density at radius 2 is 1.96 bits per heavy atom. The van der Waals surface area contributed by atoms with Gasteiger partial charge in [-0.25, -0.2) is 9.37 Å². The number of likely N-dealkylation sites (N-methyl/N-ethyl adjacent to an activating group) is 2. The molecule has 1 unspecified atom stereocenters. The van der Waals surface area contributed by atoms with Gasteiger partial charge in [-0.3, -0.25) is 19.5 Å². The van der Waals surface area contributed by atoms with Crippen LogP contribution in [-0.2, 0) is 14.3 Å². The van der Waals surface area contributed by atoms with Gasteiger partial charge in [-0.15, -0.1) is 0 Å². The van der Waals surface area contributed by atoms with Crippen LogP contribution in [0.25, 0.3) is 0 Å². The summed E-state index contributed by atoms with van der Waals surface area (Å²) in [5.41, 5.74) is 0. The summed E-state index contributed by atoms with van der Waals surface area (Å²) >= 11 is 0. The maximum absolute atomic E-state index is 12.6. The van der Waals surface area contributed by atoms with Crippen LogP contribution in [0.3, 0.4) is 0 Å². The monoisotopic (exact) mass is 338 g/mol. The van der Waals surface area contributed by atoms with E-state index in [1.54, 1.807) is 14.2 Å². The van der Waals surface area contributed by atoms with Gasteiger partial charge in [0, 0.05) is 34.3 Å². The lowest BCUT2D eigenvalue weighted by Crippen LogP contribution is -2.61. The number of carbonyl (C=O) groups is 2. The fraction of sp³-hybridized carbons (Fsp3) is 0.733. The molecule has 24 heavy (non-hydrogen) atoms. The summed E-state index contributed by atoms with van der Waals surface area (Å²) in [5, 5.41) is 0. The van der Waals surface area contributed by atoms with E-state index in [0.29, 0.717) is 38.7 Å². The van der Waals surface area contributed by atoms with Crippen LogP contribution in [0, 0.1) is 0 Å². The summed E-state index contributed by atoms with van der Waals surface area (Å²) in [6, 6.07) is -0.904. The highest BCUT2D eigenvalue weighted by molar-refractivity contribution is 6.23. The average Bonchev–Trinajstić information content (AvgIpc) is 2.95. The maximum atomic E-state index is 12.6. The second kappa shape index (κ2) is 6.96. The molecule has 0 radical (unpaired) electrons. The molecule has 3 amide bonds. The molecule has 9 nitrogen and oxygen atoms in total. The molecule has 0 saturated carbocycles. The number of nitrogens with zero attached hydrogens (tertiary/aromatic N) is 5. The van der Waals surface area contributed by atoms with Crippen molar-refractivity contribution in [3.63, 3.8) is 0 Å². The Bertz CT molecular complexity index is 597. The van der Waals surface area contributed by atoms with Crippen LogP contribution in [0.15, 0.2) is 4.99 Å². The van der Waals surface area contributed by atoms with E-state index in [1.165, 1.54) is 11.9 Å². The molecule has 0 spiro atoms. The second-order valence-electron chi connectivity index (χ2n) is 6.10. The molecule has 3 heterocycles. The number of morpholine rings is 1. The molecule has 0 aromatic heterocycles. The number of methoxy groups -OCH3 is 1. The third kappa shape index (κ3) is 2.94. The number of rotatable bonds is 5. The quantitative estimate of drug-likeness (QED) is 0.581. The number of aliphatic imine (C=N–C) groups is 1.